The molecule has 164 valence electrons. The Morgan fingerprint density at radius 3 is 2.34 bits per heavy atom. The lowest BCUT2D eigenvalue weighted by atomic mass is 10.2. The molecule has 0 radical (unpaired) electrons. The van der Waals surface area contributed by atoms with Crippen molar-refractivity contribution in [1.82, 2.24) is 0 Å². The highest BCUT2D eigenvalue weighted by Gasteiger charge is 2.16. The van der Waals surface area contributed by atoms with Crippen LogP contribution in [-0.4, -0.2) is 22.0 Å². The van der Waals surface area contributed by atoms with Crippen LogP contribution in [0.3, 0.4) is 0 Å². The molecule has 32 heavy (non-hydrogen) atoms. The zero-order valence-electron chi connectivity index (χ0n) is 17.3. The van der Waals surface area contributed by atoms with Crippen molar-refractivity contribution in [2.45, 2.75) is 24.0 Å². The molecule has 0 heterocycles. The topological polar surface area (TPSA) is 101 Å². The van der Waals surface area contributed by atoms with E-state index in [0.717, 1.165) is 10.5 Å². The highest BCUT2D eigenvalue weighted by atomic mass is 35.5. The van der Waals surface area contributed by atoms with Crippen LogP contribution >= 0.6 is 23.4 Å². The molecule has 1 atom stereocenters. The number of nitrogens with zero attached hydrogens (tertiary/aromatic N) is 1. The van der Waals surface area contributed by atoms with Gasteiger partial charge < -0.3 is 10.6 Å². The molecule has 2 amide bonds. The number of amides is 2. The summed E-state index contributed by atoms with van der Waals surface area (Å²) in [4.78, 5) is 36.0. The van der Waals surface area contributed by atoms with Crippen LogP contribution in [-0.2, 0) is 4.79 Å². The van der Waals surface area contributed by atoms with Gasteiger partial charge in [0.05, 0.1) is 10.2 Å². The zero-order valence-corrected chi connectivity index (χ0v) is 18.9. The van der Waals surface area contributed by atoms with E-state index in [0.29, 0.717) is 22.0 Å². The number of benzene rings is 3. The number of aryl methyl sites for hydroxylation is 1. The minimum absolute atomic E-state index is 0.0832. The molecule has 0 fully saturated rings. The van der Waals surface area contributed by atoms with E-state index < -0.39 is 10.2 Å². The van der Waals surface area contributed by atoms with Crippen LogP contribution in [0.15, 0.2) is 71.6 Å². The maximum atomic E-state index is 12.5. The van der Waals surface area contributed by atoms with Crippen LogP contribution in [0.1, 0.15) is 22.8 Å². The SMILES string of the molecule is Cc1ccc(NC(=O)C(C)Sc2cccc(NC(=O)c3ccc([N+](=O)[O-])cc3)c2)cc1Cl. The Bertz CT molecular complexity index is 1170. The Labute approximate surface area is 194 Å². The minimum Gasteiger partial charge on any atom is -0.325 e. The van der Waals surface area contributed by atoms with Crippen LogP contribution in [0.5, 0.6) is 0 Å². The number of carbonyl (C=O) groups is 2. The normalized spacial score (nSPS) is 11.5. The first-order chi connectivity index (χ1) is 15.2. The summed E-state index contributed by atoms with van der Waals surface area (Å²) in [7, 11) is 0. The van der Waals surface area contributed by atoms with E-state index in [-0.39, 0.29) is 17.5 Å². The van der Waals surface area contributed by atoms with Gasteiger partial charge in [-0.2, -0.15) is 0 Å². The molecule has 2 N–H and O–H groups in total. The summed E-state index contributed by atoms with van der Waals surface area (Å²) in [5, 5.41) is 16.5. The number of anilines is 2. The Hall–Kier alpha value is -3.36. The second-order valence-corrected chi connectivity index (χ2v) is 8.82. The molecule has 3 rings (SSSR count). The summed E-state index contributed by atoms with van der Waals surface area (Å²) in [6.45, 7) is 3.68. The fourth-order valence-corrected chi connectivity index (χ4v) is 3.86. The maximum Gasteiger partial charge on any atom is 0.269 e. The van der Waals surface area contributed by atoms with E-state index in [9.17, 15) is 19.7 Å². The summed E-state index contributed by atoms with van der Waals surface area (Å²) in [6.07, 6.45) is 0. The molecule has 0 spiro atoms. The smallest absolute Gasteiger partial charge is 0.269 e. The Kier molecular flexibility index (Phi) is 7.50. The van der Waals surface area contributed by atoms with Gasteiger partial charge >= 0.3 is 0 Å². The number of halogens is 1. The lowest BCUT2D eigenvalue weighted by Crippen LogP contribution is -2.22. The summed E-state index contributed by atoms with van der Waals surface area (Å²) in [6, 6.07) is 17.8. The van der Waals surface area contributed by atoms with Gasteiger partial charge in [0.1, 0.15) is 0 Å². The number of nitro groups is 1. The molecular formula is C23H20ClN3O4S. The number of non-ortho nitro benzene ring substituents is 1. The van der Waals surface area contributed by atoms with Crippen LogP contribution < -0.4 is 10.6 Å². The van der Waals surface area contributed by atoms with Crippen molar-refractivity contribution in [3.63, 3.8) is 0 Å². The molecule has 0 aromatic heterocycles. The molecule has 0 aliphatic carbocycles. The van der Waals surface area contributed by atoms with Crippen LogP contribution in [0, 0.1) is 17.0 Å². The van der Waals surface area contributed by atoms with Gasteiger partial charge in [-0.25, -0.2) is 0 Å². The predicted octanol–water partition coefficient (Wildman–Crippen LogP) is 5.93. The second-order valence-electron chi connectivity index (χ2n) is 7.00. The third kappa shape index (κ3) is 6.09. The number of nitro benzene ring substituents is 1. The highest BCUT2D eigenvalue weighted by molar-refractivity contribution is 8.00. The monoisotopic (exact) mass is 469 g/mol. The molecule has 1 unspecified atom stereocenters. The van der Waals surface area contributed by atoms with Gasteiger partial charge in [-0.05, 0) is 61.9 Å². The van der Waals surface area contributed by atoms with E-state index >= 15 is 0 Å². The highest BCUT2D eigenvalue weighted by Crippen LogP contribution is 2.27. The summed E-state index contributed by atoms with van der Waals surface area (Å²) >= 11 is 7.46. The number of carbonyl (C=O) groups excluding carboxylic acids is 2. The van der Waals surface area contributed by atoms with E-state index in [2.05, 4.69) is 10.6 Å². The van der Waals surface area contributed by atoms with E-state index in [1.54, 1.807) is 37.3 Å². The van der Waals surface area contributed by atoms with Gasteiger partial charge in [0, 0.05) is 39.0 Å². The molecule has 0 saturated heterocycles. The standard InChI is InChI=1S/C23H20ClN3O4S/c1-14-6-9-18(13-21(14)24)25-22(28)15(2)32-20-5-3-4-17(12-20)26-23(29)16-7-10-19(11-8-16)27(30)31/h3-13,15H,1-2H3,(H,25,28)(H,26,29). The van der Waals surface area contributed by atoms with Crippen molar-refractivity contribution in [1.29, 1.82) is 0 Å². The van der Waals surface area contributed by atoms with Gasteiger partial charge in [-0.1, -0.05) is 23.7 Å². The van der Waals surface area contributed by atoms with E-state index in [1.165, 1.54) is 36.0 Å². The van der Waals surface area contributed by atoms with Crippen molar-refractivity contribution in [3.05, 3.63) is 93.0 Å². The average molecular weight is 470 g/mol. The summed E-state index contributed by atoms with van der Waals surface area (Å²) < 4.78 is 0. The molecule has 3 aromatic rings. The molecule has 0 aliphatic heterocycles. The van der Waals surface area contributed by atoms with Crippen molar-refractivity contribution in [2.75, 3.05) is 10.6 Å². The second kappa shape index (κ2) is 10.3. The van der Waals surface area contributed by atoms with E-state index in [4.69, 9.17) is 11.6 Å². The largest absolute Gasteiger partial charge is 0.325 e. The maximum absolute atomic E-state index is 12.5. The third-order valence-electron chi connectivity index (χ3n) is 4.55. The Morgan fingerprint density at radius 1 is 1.00 bits per heavy atom. The molecular weight excluding hydrogens is 450 g/mol. The first-order valence-corrected chi connectivity index (χ1v) is 10.9. The van der Waals surface area contributed by atoms with Gasteiger partial charge in [-0.3, -0.25) is 19.7 Å². The molecule has 7 nitrogen and oxygen atoms in total. The molecule has 0 saturated carbocycles. The number of rotatable bonds is 7. The van der Waals surface area contributed by atoms with Crippen molar-refractivity contribution >= 4 is 52.2 Å². The fourth-order valence-electron chi connectivity index (χ4n) is 2.76. The lowest BCUT2D eigenvalue weighted by Gasteiger charge is -2.13. The van der Waals surface area contributed by atoms with Crippen LogP contribution in [0.25, 0.3) is 0 Å². The average Bonchev–Trinajstić information content (AvgIpc) is 2.76. The minimum atomic E-state index is -0.521. The van der Waals surface area contributed by atoms with Crippen LogP contribution in [0.4, 0.5) is 17.1 Å². The number of thioether (sulfide) groups is 1. The Balaban J connectivity index is 1.62. The van der Waals surface area contributed by atoms with Gasteiger partial charge in [0.2, 0.25) is 5.91 Å². The molecule has 9 heteroatoms. The van der Waals surface area contributed by atoms with Gasteiger partial charge in [0.15, 0.2) is 0 Å². The van der Waals surface area contributed by atoms with Crippen LogP contribution in [0.2, 0.25) is 5.02 Å². The zero-order chi connectivity index (χ0) is 23.3. The van der Waals surface area contributed by atoms with Crippen molar-refractivity contribution in [2.24, 2.45) is 0 Å². The summed E-state index contributed by atoms with van der Waals surface area (Å²) in [5.74, 6) is -0.556. The van der Waals surface area contributed by atoms with Gasteiger partial charge in [-0.15, -0.1) is 11.8 Å². The molecule has 0 bridgehead atoms. The summed E-state index contributed by atoms with van der Waals surface area (Å²) in [5.41, 5.74) is 2.33. The van der Waals surface area contributed by atoms with Crippen molar-refractivity contribution < 1.29 is 14.5 Å². The fraction of sp³-hybridized carbons (Fsp3) is 0.130. The first-order valence-electron chi connectivity index (χ1n) is 9.62. The van der Waals surface area contributed by atoms with E-state index in [1.807, 2.05) is 19.1 Å². The predicted molar refractivity (Wildman–Crippen MR) is 128 cm³/mol. The van der Waals surface area contributed by atoms with Gasteiger partial charge in [0.25, 0.3) is 11.6 Å². The quantitative estimate of drug-likeness (QED) is 0.254. The first kappa shape index (κ1) is 23.3. The number of hydrogen-bond acceptors (Lipinski definition) is 5. The van der Waals surface area contributed by atoms with Crippen molar-refractivity contribution in [3.8, 4) is 0 Å². The number of hydrogen-bond donors (Lipinski definition) is 2. The number of nitrogens with one attached hydrogen (secondary N) is 2. The molecule has 3 aromatic carbocycles. The lowest BCUT2D eigenvalue weighted by molar-refractivity contribution is -0.384. The third-order valence-corrected chi connectivity index (χ3v) is 6.05. The molecule has 0 aliphatic rings. The Morgan fingerprint density at radius 2 is 1.69 bits per heavy atom.